The molecule has 0 heterocycles. The first kappa shape index (κ1) is 14.1. The summed E-state index contributed by atoms with van der Waals surface area (Å²) in [4.78, 5) is 0. The molecule has 0 spiro atoms. The van der Waals surface area contributed by atoms with Gasteiger partial charge in [-0.2, -0.15) is 17.6 Å². The fraction of sp³-hybridized carbons (Fsp3) is 0. The predicted octanol–water partition coefficient (Wildman–Crippen LogP) is 5.83. The Bertz CT molecular complexity index is 570. The van der Waals surface area contributed by atoms with Crippen LogP contribution in [0, 0.1) is 0 Å². The van der Waals surface area contributed by atoms with E-state index in [0.717, 1.165) is 23.3 Å². The molecule has 0 N–H and O–H groups in total. The summed E-state index contributed by atoms with van der Waals surface area (Å²) < 4.78 is 48.3. The number of hydrogen-bond acceptors (Lipinski definition) is 0. The molecule has 0 saturated carbocycles. The molecular weight excluding hydrogens is 268 g/mol. The second-order valence-corrected chi connectivity index (χ2v) is 4.11. The largest absolute Gasteiger partial charge is 0.270 e. The minimum absolute atomic E-state index is 0.410. The Morgan fingerprint density at radius 1 is 0.550 bits per heavy atom. The highest BCUT2D eigenvalue weighted by Crippen LogP contribution is 2.22. The van der Waals surface area contributed by atoms with Gasteiger partial charge in [0.05, 0.1) is 0 Å². The van der Waals surface area contributed by atoms with Gasteiger partial charge in [-0.25, -0.2) is 0 Å². The van der Waals surface area contributed by atoms with Gasteiger partial charge < -0.3 is 0 Å². The summed E-state index contributed by atoms with van der Waals surface area (Å²) >= 11 is 0. The van der Waals surface area contributed by atoms with Crippen LogP contribution in [-0.2, 0) is 0 Å². The smallest absolute Gasteiger partial charge is 0.173 e. The van der Waals surface area contributed by atoms with E-state index in [4.69, 9.17) is 0 Å². The van der Waals surface area contributed by atoms with E-state index in [2.05, 4.69) is 0 Å². The zero-order valence-corrected chi connectivity index (χ0v) is 10.3. The van der Waals surface area contributed by atoms with Crippen molar-refractivity contribution in [1.29, 1.82) is 0 Å². The van der Waals surface area contributed by atoms with Crippen molar-refractivity contribution in [2.24, 2.45) is 0 Å². The van der Waals surface area contributed by atoms with E-state index in [9.17, 15) is 17.6 Å². The molecule has 102 valence electrons. The van der Waals surface area contributed by atoms with E-state index in [1.807, 2.05) is 0 Å². The lowest BCUT2D eigenvalue weighted by Gasteiger charge is -2.03. The molecule has 0 bridgehead atoms. The van der Waals surface area contributed by atoms with E-state index < -0.39 is 12.2 Å². The van der Waals surface area contributed by atoms with Gasteiger partial charge in [-0.15, -0.1) is 0 Å². The summed E-state index contributed by atoms with van der Waals surface area (Å²) in [5.41, 5.74) is 2.48. The lowest BCUT2D eigenvalue weighted by atomic mass is 10.0. The second-order valence-electron chi connectivity index (χ2n) is 4.11. The van der Waals surface area contributed by atoms with Crippen molar-refractivity contribution in [1.82, 2.24) is 0 Å². The van der Waals surface area contributed by atoms with Gasteiger partial charge in [0.25, 0.3) is 12.2 Å². The number of halogens is 4. The fourth-order valence-electron chi connectivity index (χ4n) is 1.80. The fourth-order valence-corrected chi connectivity index (χ4v) is 1.80. The minimum atomic E-state index is -1.75. The molecule has 0 saturated heterocycles. The van der Waals surface area contributed by atoms with E-state index in [-0.39, 0.29) is 0 Å². The van der Waals surface area contributed by atoms with Crippen molar-refractivity contribution >= 4 is 12.2 Å². The zero-order valence-electron chi connectivity index (χ0n) is 10.3. The Morgan fingerprint density at radius 2 is 0.850 bits per heavy atom. The molecule has 0 aliphatic carbocycles. The maximum atomic E-state index is 12.1. The number of hydrogen-bond donors (Lipinski definition) is 0. The molecule has 4 heteroatoms. The van der Waals surface area contributed by atoms with E-state index in [0.29, 0.717) is 11.1 Å². The molecule has 0 radical (unpaired) electrons. The molecule has 0 nitrogen and oxygen atoms in total. The van der Waals surface area contributed by atoms with Gasteiger partial charge in [0.2, 0.25) is 0 Å². The Balaban J connectivity index is 2.24. The molecule has 0 fully saturated rings. The van der Waals surface area contributed by atoms with Crippen LogP contribution in [0.3, 0.4) is 0 Å². The topological polar surface area (TPSA) is 0 Å². The van der Waals surface area contributed by atoms with Crippen LogP contribution in [0.15, 0.2) is 60.7 Å². The van der Waals surface area contributed by atoms with Gasteiger partial charge in [0.15, 0.2) is 0 Å². The van der Waals surface area contributed by atoms with Gasteiger partial charge in [0, 0.05) is 12.2 Å². The Kier molecular flexibility index (Phi) is 4.35. The highest BCUT2D eigenvalue weighted by atomic mass is 19.3. The van der Waals surface area contributed by atoms with E-state index in [1.54, 1.807) is 48.5 Å². The van der Waals surface area contributed by atoms with E-state index >= 15 is 0 Å². The first-order valence-corrected chi connectivity index (χ1v) is 5.80. The summed E-state index contributed by atoms with van der Waals surface area (Å²) in [6, 6.07) is 13.1. The van der Waals surface area contributed by atoms with Gasteiger partial charge in [-0.3, -0.25) is 0 Å². The van der Waals surface area contributed by atoms with Crippen LogP contribution in [0.25, 0.3) is 23.3 Å². The van der Waals surface area contributed by atoms with Crippen LogP contribution in [0.1, 0.15) is 11.1 Å². The first-order chi connectivity index (χ1) is 9.54. The predicted molar refractivity (Wildman–Crippen MR) is 72.3 cm³/mol. The summed E-state index contributed by atoms with van der Waals surface area (Å²) in [7, 11) is 0. The maximum Gasteiger partial charge on any atom is 0.270 e. The lowest BCUT2D eigenvalue weighted by molar-refractivity contribution is 0.428. The van der Waals surface area contributed by atoms with Gasteiger partial charge in [-0.1, -0.05) is 48.5 Å². The molecule has 0 unspecified atom stereocenters. The van der Waals surface area contributed by atoms with Crippen LogP contribution in [0.4, 0.5) is 17.6 Å². The van der Waals surface area contributed by atoms with Gasteiger partial charge in [0.1, 0.15) is 0 Å². The lowest BCUT2D eigenvalue weighted by Crippen LogP contribution is -1.80. The molecular formula is C16H10F4. The summed E-state index contributed by atoms with van der Waals surface area (Å²) in [6.07, 6.45) is -1.94. The van der Waals surface area contributed by atoms with Gasteiger partial charge >= 0.3 is 0 Å². The molecule has 0 atom stereocenters. The Hall–Kier alpha value is -2.36. The molecule has 0 aliphatic heterocycles. The third kappa shape index (κ3) is 3.82. The Morgan fingerprint density at radius 3 is 1.10 bits per heavy atom. The van der Waals surface area contributed by atoms with Crippen LogP contribution in [0.5, 0.6) is 0 Å². The van der Waals surface area contributed by atoms with Crippen LogP contribution in [-0.4, -0.2) is 0 Å². The van der Waals surface area contributed by atoms with Crippen molar-refractivity contribution in [2.45, 2.75) is 0 Å². The Labute approximate surface area is 113 Å². The van der Waals surface area contributed by atoms with Crippen molar-refractivity contribution in [3.8, 4) is 11.1 Å². The summed E-state index contributed by atoms with van der Waals surface area (Å²) in [5.74, 6) is 0. The van der Waals surface area contributed by atoms with Crippen LogP contribution >= 0.6 is 0 Å². The third-order valence-corrected chi connectivity index (χ3v) is 2.71. The second kappa shape index (κ2) is 6.19. The first-order valence-electron chi connectivity index (χ1n) is 5.80. The summed E-state index contributed by atoms with van der Waals surface area (Å²) in [6.45, 7) is 0. The molecule has 0 aliphatic rings. The number of benzene rings is 2. The average Bonchev–Trinajstić information content (AvgIpc) is 2.39. The molecule has 20 heavy (non-hydrogen) atoms. The molecule has 2 aromatic rings. The maximum absolute atomic E-state index is 12.1. The number of rotatable bonds is 3. The third-order valence-electron chi connectivity index (χ3n) is 2.71. The van der Waals surface area contributed by atoms with E-state index in [1.165, 1.54) is 0 Å². The minimum Gasteiger partial charge on any atom is -0.173 e. The van der Waals surface area contributed by atoms with Crippen molar-refractivity contribution in [3.63, 3.8) is 0 Å². The van der Waals surface area contributed by atoms with Crippen molar-refractivity contribution in [2.75, 3.05) is 0 Å². The molecule has 2 aromatic carbocycles. The molecule has 2 rings (SSSR count). The highest BCUT2D eigenvalue weighted by molar-refractivity contribution is 5.67. The normalized spacial score (nSPS) is 10.0. The standard InChI is InChI=1S/C16H10F4/c17-15(18)9-11-1-5-13(6-2-11)14-7-3-12(4-8-14)10-16(19)20/h1-10H. The van der Waals surface area contributed by atoms with Gasteiger partial charge in [-0.05, 0) is 22.3 Å². The zero-order chi connectivity index (χ0) is 14.5. The monoisotopic (exact) mass is 278 g/mol. The highest BCUT2D eigenvalue weighted by Gasteiger charge is 1.99. The summed E-state index contributed by atoms with van der Waals surface area (Å²) in [5, 5.41) is 0. The molecule has 0 amide bonds. The quantitative estimate of drug-likeness (QED) is 0.620. The van der Waals surface area contributed by atoms with Crippen molar-refractivity contribution < 1.29 is 17.6 Å². The SMILES string of the molecule is FC(F)=Cc1ccc(-c2ccc(C=C(F)F)cc2)cc1. The van der Waals surface area contributed by atoms with Crippen molar-refractivity contribution in [3.05, 3.63) is 71.8 Å². The van der Waals surface area contributed by atoms with Crippen LogP contribution in [0.2, 0.25) is 0 Å². The molecule has 0 aromatic heterocycles. The van der Waals surface area contributed by atoms with Crippen LogP contribution < -0.4 is 0 Å². The average molecular weight is 278 g/mol.